The van der Waals surface area contributed by atoms with Gasteiger partial charge in [-0.3, -0.25) is 9.59 Å². The molecule has 0 atom stereocenters. The number of carbonyl (C=O) groups is 2. The van der Waals surface area contributed by atoms with Gasteiger partial charge in [-0.15, -0.1) is 0 Å². The standard InChI is InChI=1S/C28H27NO6S/c1-35-26-19-22(4-3-20-9-15-25(16-10-20)36(2,33)34)6-12-23(26)11-5-21-7-13-24(14-8-21)29-27(30)17-18-28(31)32/h3-16,19H,17-18H2,1-2H3,(H,29,30)(H,31,32)/b4-3+,11-5+. The van der Waals surface area contributed by atoms with E-state index in [2.05, 4.69) is 5.32 Å². The number of ether oxygens (including phenoxy) is 1. The van der Waals surface area contributed by atoms with Crippen molar-refractivity contribution in [2.45, 2.75) is 17.7 Å². The van der Waals surface area contributed by atoms with Crippen LogP contribution in [-0.2, 0) is 19.4 Å². The Labute approximate surface area is 210 Å². The number of benzene rings is 3. The Kier molecular flexibility index (Phi) is 8.81. The van der Waals surface area contributed by atoms with Gasteiger partial charge < -0.3 is 15.2 Å². The van der Waals surface area contributed by atoms with Crippen molar-refractivity contribution in [2.24, 2.45) is 0 Å². The number of carbonyl (C=O) groups excluding carboxylic acids is 1. The number of aliphatic carboxylic acids is 1. The molecule has 8 heteroatoms. The van der Waals surface area contributed by atoms with Gasteiger partial charge in [0, 0.05) is 23.9 Å². The first-order valence-electron chi connectivity index (χ1n) is 11.1. The fourth-order valence-corrected chi connectivity index (χ4v) is 3.93. The molecule has 0 spiro atoms. The molecule has 186 valence electrons. The normalized spacial score (nSPS) is 11.6. The minimum atomic E-state index is -3.22. The number of methoxy groups -OCH3 is 1. The summed E-state index contributed by atoms with van der Waals surface area (Å²) in [5.41, 5.74) is 4.22. The van der Waals surface area contributed by atoms with Crippen molar-refractivity contribution in [2.75, 3.05) is 18.7 Å². The van der Waals surface area contributed by atoms with Crippen molar-refractivity contribution >= 4 is 51.7 Å². The quantitative estimate of drug-likeness (QED) is 0.365. The second kappa shape index (κ2) is 12.0. The highest BCUT2D eigenvalue weighted by Gasteiger charge is 2.07. The summed E-state index contributed by atoms with van der Waals surface area (Å²) in [6, 6.07) is 19.7. The van der Waals surface area contributed by atoms with Crippen LogP contribution in [0.4, 0.5) is 5.69 Å². The Morgan fingerprint density at radius 2 is 1.39 bits per heavy atom. The Bertz CT molecular complexity index is 1390. The number of sulfone groups is 1. The molecule has 0 aromatic heterocycles. The average Bonchev–Trinajstić information content (AvgIpc) is 2.85. The molecular formula is C28H27NO6S. The molecule has 7 nitrogen and oxygen atoms in total. The minimum absolute atomic E-state index is 0.0720. The van der Waals surface area contributed by atoms with Crippen molar-refractivity contribution < 1.29 is 27.9 Å². The Balaban J connectivity index is 1.65. The molecule has 0 aliphatic rings. The number of carboxylic acid groups (broad SMARTS) is 1. The van der Waals surface area contributed by atoms with Gasteiger partial charge in [0.05, 0.1) is 18.4 Å². The summed E-state index contributed by atoms with van der Waals surface area (Å²) >= 11 is 0. The molecule has 0 saturated heterocycles. The largest absolute Gasteiger partial charge is 0.496 e. The summed E-state index contributed by atoms with van der Waals surface area (Å²) in [6.07, 6.45) is 8.58. The van der Waals surface area contributed by atoms with Gasteiger partial charge in [-0.1, -0.05) is 60.7 Å². The zero-order chi connectivity index (χ0) is 26.1. The van der Waals surface area contributed by atoms with E-state index in [-0.39, 0.29) is 23.6 Å². The van der Waals surface area contributed by atoms with E-state index in [1.54, 1.807) is 43.5 Å². The molecule has 0 fully saturated rings. The molecule has 0 aliphatic carbocycles. The maximum Gasteiger partial charge on any atom is 0.303 e. The third-order valence-corrected chi connectivity index (χ3v) is 6.38. The van der Waals surface area contributed by atoms with Gasteiger partial charge in [-0.2, -0.15) is 0 Å². The molecule has 1 amide bonds. The second-order valence-electron chi connectivity index (χ2n) is 8.07. The van der Waals surface area contributed by atoms with Crippen LogP contribution in [0.1, 0.15) is 35.1 Å². The summed E-state index contributed by atoms with van der Waals surface area (Å²) in [7, 11) is -1.62. The lowest BCUT2D eigenvalue weighted by atomic mass is 10.1. The van der Waals surface area contributed by atoms with E-state index in [1.165, 1.54) is 6.26 Å². The summed E-state index contributed by atoms with van der Waals surface area (Å²) in [4.78, 5) is 22.6. The van der Waals surface area contributed by atoms with E-state index in [9.17, 15) is 18.0 Å². The SMILES string of the molecule is COc1cc(/C=C/c2ccc(S(C)(=O)=O)cc2)ccc1/C=C/c1ccc(NC(=O)CCC(=O)O)cc1. The van der Waals surface area contributed by atoms with E-state index in [4.69, 9.17) is 9.84 Å². The zero-order valence-corrected chi connectivity index (χ0v) is 20.8. The number of rotatable bonds is 10. The van der Waals surface area contributed by atoms with Crippen LogP contribution in [0.15, 0.2) is 71.6 Å². The Hall–Kier alpha value is -4.17. The van der Waals surface area contributed by atoms with Gasteiger partial charge >= 0.3 is 5.97 Å². The first-order chi connectivity index (χ1) is 17.1. The van der Waals surface area contributed by atoms with Crippen LogP contribution in [0.3, 0.4) is 0 Å². The van der Waals surface area contributed by atoms with Crippen molar-refractivity contribution in [3.63, 3.8) is 0 Å². The molecular weight excluding hydrogens is 478 g/mol. The molecule has 0 heterocycles. The van der Waals surface area contributed by atoms with E-state index >= 15 is 0 Å². The van der Waals surface area contributed by atoms with Crippen LogP contribution in [0, 0.1) is 0 Å². The average molecular weight is 506 g/mol. The van der Waals surface area contributed by atoms with Gasteiger partial charge in [0.25, 0.3) is 0 Å². The number of amides is 1. The summed E-state index contributed by atoms with van der Waals surface area (Å²) < 4.78 is 28.7. The van der Waals surface area contributed by atoms with E-state index in [1.807, 2.05) is 54.6 Å². The highest BCUT2D eigenvalue weighted by atomic mass is 32.2. The molecule has 3 rings (SSSR count). The first-order valence-corrected chi connectivity index (χ1v) is 13.0. The third-order valence-electron chi connectivity index (χ3n) is 5.25. The Morgan fingerprint density at radius 3 is 1.97 bits per heavy atom. The van der Waals surface area contributed by atoms with Gasteiger partial charge in [0.2, 0.25) is 5.91 Å². The fourth-order valence-electron chi connectivity index (χ4n) is 3.30. The summed E-state index contributed by atoms with van der Waals surface area (Å²) in [5, 5.41) is 11.3. The van der Waals surface area contributed by atoms with Crippen molar-refractivity contribution in [3.8, 4) is 5.75 Å². The molecule has 2 N–H and O–H groups in total. The summed E-state index contributed by atoms with van der Waals surface area (Å²) in [5.74, 6) is -0.653. The fraction of sp³-hybridized carbons (Fsp3) is 0.143. The smallest absolute Gasteiger partial charge is 0.303 e. The highest BCUT2D eigenvalue weighted by molar-refractivity contribution is 7.90. The van der Waals surface area contributed by atoms with Gasteiger partial charge in [-0.05, 0) is 47.0 Å². The van der Waals surface area contributed by atoms with E-state index < -0.39 is 15.8 Å². The van der Waals surface area contributed by atoms with Crippen LogP contribution in [-0.4, -0.2) is 38.8 Å². The molecule has 0 radical (unpaired) electrons. The van der Waals surface area contributed by atoms with Crippen LogP contribution in [0.5, 0.6) is 5.75 Å². The van der Waals surface area contributed by atoms with Crippen LogP contribution in [0.2, 0.25) is 0 Å². The van der Waals surface area contributed by atoms with Gasteiger partial charge in [0.1, 0.15) is 5.75 Å². The number of anilines is 1. The molecule has 3 aromatic carbocycles. The lowest BCUT2D eigenvalue weighted by molar-refractivity contribution is -0.138. The monoisotopic (exact) mass is 505 g/mol. The van der Waals surface area contributed by atoms with Crippen LogP contribution in [0.25, 0.3) is 24.3 Å². The topological polar surface area (TPSA) is 110 Å². The number of hydrogen-bond acceptors (Lipinski definition) is 5. The number of hydrogen-bond donors (Lipinski definition) is 2. The maximum absolute atomic E-state index is 11.8. The molecule has 36 heavy (non-hydrogen) atoms. The summed E-state index contributed by atoms with van der Waals surface area (Å²) in [6.45, 7) is 0. The molecule has 0 saturated carbocycles. The minimum Gasteiger partial charge on any atom is -0.496 e. The lowest BCUT2D eigenvalue weighted by Crippen LogP contribution is -2.13. The molecule has 3 aromatic rings. The third kappa shape index (κ3) is 7.95. The first kappa shape index (κ1) is 26.4. The Morgan fingerprint density at radius 1 is 0.833 bits per heavy atom. The predicted octanol–water partition coefficient (Wildman–Crippen LogP) is 5.24. The predicted molar refractivity (Wildman–Crippen MR) is 142 cm³/mol. The van der Waals surface area contributed by atoms with Crippen LogP contribution >= 0.6 is 0 Å². The molecule has 0 bridgehead atoms. The van der Waals surface area contributed by atoms with Crippen molar-refractivity contribution in [1.82, 2.24) is 0 Å². The molecule has 0 aliphatic heterocycles. The van der Waals surface area contributed by atoms with Gasteiger partial charge in [0.15, 0.2) is 9.84 Å². The molecule has 0 unspecified atom stereocenters. The van der Waals surface area contributed by atoms with E-state index in [0.29, 0.717) is 11.4 Å². The zero-order valence-electron chi connectivity index (χ0n) is 20.0. The van der Waals surface area contributed by atoms with E-state index in [0.717, 1.165) is 22.3 Å². The number of carboxylic acids is 1. The maximum atomic E-state index is 11.8. The van der Waals surface area contributed by atoms with Crippen molar-refractivity contribution in [3.05, 3.63) is 89.0 Å². The lowest BCUT2D eigenvalue weighted by Gasteiger charge is -2.07. The van der Waals surface area contributed by atoms with Crippen LogP contribution < -0.4 is 10.1 Å². The number of nitrogens with one attached hydrogen (secondary N) is 1. The second-order valence-corrected chi connectivity index (χ2v) is 10.1. The highest BCUT2D eigenvalue weighted by Crippen LogP contribution is 2.24. The van der Waals surface area contributed by atoms with Gasteiger partial charge in [-0.25, -0.2) is 8.42 Å². The van der Waals surface area contributed by atoms with Crippen molar-refractivity contribution in [1.29, 1.82) is 0 Å².